The topological polar surface area (TPSA) is 39.4 Å². The molecule has 0 radical (unpaired) electrons. The predicted molar refractivity (Wildman–Crippen MR) is 111 cm³/mol. The van der Waals surface area contributed by atoms with E-state index in [1.807, 2.05) is 19.1 Å². The van der Waals surface area contributed by atoms with Gasteiger partial charge in [0.15, 0.2) is 12.0 Å². The molecule has 0 amide bonds. The molecule has 0 unspecified atom stereocenters. The van der Waals surface area contributed by atoms with Crippen molar-refractivity contribution >= 4 is 25.0 Å². The van der Waals surface area contributed by atoms with E-state index in [4.69, 9.17) is 8.84 Å². The van der Waals surface area contributed by atoms with E-state index in [2.05, 4.69) is 69.3 Å². The molecule has 0 spiro atoms. The third kappa shape index (κ3) is 3.68. The Kier molecular flexibility index (Phi) is 5.49. The maximum Gasteiger partial charge on any atom is 0.261 e. The van der Waals surface area contributed by atoms with Gasteiger partial charge in [0.25, 0.3) is 8.32 Å². The maximum absolute atomic E-state index is 11.0. The molecule has 2 aromatic carbocycles. The molecule has 0 fully saturated rings. The van der Waals surface area contributed by atoms with Crippen LogP contribution in [0.25, 0.3) is 0 Å². The average Bonchev–Trinajstić information content (AvgIpc) is 3.03. The molecule has 0 aliphatic carbocycles. The molecule has 0 saturated carbocycles. The van der Waals surface area contributed by atoms with Gasteiger partial charge in [-0.3, -0.25) is 4.79 Å². The molecule has 0 aliphatic rings. The van der Waals surface area contributed by atoms with Crippen molar-refractivity contribution in [1.29, 1.82) is 0 Å². The largest absolute Gasteiger partial charge is 0.458 e. The second-order valence-electron chi connectivity index (χ2n) is 7.80. The molecule has 0 bridgehead atoms. The Morgan fingerprint density at radius 2 is 1.48 bits per heavy atom. The van der Waals surface area contributed by atoms with E-state index >= 15 is 0 Å². The van der Waals surface area contributed by atoms with Gasteiger partial charge in [-0.1, -0.05) is 81.4 Å². The van der Waals surface area contributed by atoms with Gasteiger partial charge in [-0.05, 0) is 28.4 Å². The van der Waals surface area contributed by atoms with Crippen LogP contribution in [0.1, 0.15) is 42.6 Å². The van der Waals surface area contributed by atoms with E-state index in [0.717, 1.165) is 17.6 Å². The van der Waals surface area contributed by atoms with Crippen LogP contribution in [0.2, 0.25) is 5.04 Å². The number of carbonyl (C=O) groups is 1. The average molecular weight is 379 g/mol. The van der Waals surface area contributed by atoms with Gasteiger partial charge in [-0.25, -0.2) is 0 Å². The summed E-state index contributed by atoms with van der Waals surface area (Å²) in [7, 11) is -2.59. The van der Waals surface area contributed by atoms with E-state index in [-0.39, 0.29) is 5.04 Å². The molecule has 3 nitrogen and oxygen atoms in total. The quantitative estimate of drug-likeness (QED) is 0.469. The summed E-state index contributed by atoms with van der Waals surface area (Å²) in [5, 5.41) is 2.39. The predicted octanol–water partition coefficient (Wildman–Crippen LogP) is 4.48. The number of hydrogen-bond acceptors (Lipinski definition) is 3. The monoisotopic (exact) mass is 378 g/mol. The van der Waals surface area contributed by atoms with Crippen LogP contribution in [0.3, 0.4) is 0 Å². The lowest BCUT2D eigenvalue weighted by Crippen LogP contribution is -2.66. The van der Waals surface area contributed by atoms with E-state index in [9.17, 15) is 4.79 Å². The molecular weight excluding hydrogens is 352 g/mol. The van der Waals surface area contributed by atoms with Crippen LogP contribution in [-0.4, -0.2) is 14.6 Å². The fourth-order valence-electron chi connectivity index (χ4n) is 3.69. The number of furan rings is 1. The van der Waals surface area contributed by atoms with Crippen molar-refractivity contribution in [3.05, 3.63) is 83.8 Å². The molecule has 140 valence electrons. The van der Waals surface area contributed by atoms with Crippen molar-refractivity contribution < 1.29 is 13.6 Å². The molecule has 27 heavy (non-hydrogen) atoms. The highest BCUT2D eigenvalue weighted by Crippen LogP contribution is 2.37. The summed E-state index contributed by atoms with van der Waals surface area (Å²) in [5.41, 5.74) is 0.921. The van der Waals surface area contributed by atoms with E-state index in [1.165, 1.54) is 10.4 Å². The zero-order valence-corrected chi connectivity index (χ0v) is 17.4. The Labute approximate surface area is 162 Å². The smallest absolute Gasteiger partial charge is 0.261 e. The summed E-state index contributed by atoms with van der Waals surface area (Å²) in [6.45, 7) is 9.03. The standard InChI is InChI=1S/C23H26O3Si/c1-18-19(15-20(16-24)26-18)17-25-27(23(2,3)4,21-11-7-5-8-12-21)22-13-9-6-10-14-22/h5-16H,17H2,1-4H3. The number of aldehydes is 1. The van der Waals surface area contributed by atoms with Gasteiger partial charge in [-0.2, -0.15) is 0 Å². The lowest BCUT2D eigenvalue weighted by atomic mass is 10.2. The number of hydrogen-bond donors (Lipinski definition) is 0. The van der Waals surface area contributed by atoms with Crippen LogP contribution in [0.15, 0.2) is 71.1 Å². The Balaban J connectivity index is 2.11. The minimum Gasteiger partial charge on any atom is -0.458 e. The zero-order chi connectivity index (χ0) is 19.5. The van der Waals surface area contributed by atoms with Crippen LogP contribution >= 0.6 is 0 Å². The van der Waals surface area contributed by atoms with Gasteiger partial charge < -0.3 is 8.84 Å². The highest BCUT2D eigenvalue weighted by Gasteiger charge is 2.50. The first-order valence-corrected chi connectivity index (χ1v) is 11.1. The van der Waals surface area contributed by atoms with Gasteiger partial charge >= 0.3 is 0 Å². The molecule has 0 N–H and O–H groups in total. The fraction of sp³-hybridized carbons (Fsp3) is 0.261. The lowest BCUT2D eigenvalue weighted by molar-refractivity contribution is 0.109. The second-order valence-corrected chi connectivity index (χ2v) is 12.1. The number of benzene rings is 2. The summed E-state index contributed by atoms with van der Waals surface area (Å²) in [6.07, 6.45) is 0.735. The van der Waals surface area contributed by atoms with Gasteiger partial charge in [0.1, 0.15) is 5.76 Å². The van der Waals surface area contributed by atoms with Crippen molar-refractivity contribution in [3.63, 3.8) is 0 Å². The number of carbonyl (C=O) groups excluding carboxylic acids is 1. The van der Waals surface area contributed by atoms with Crippen molar-refractivity contribution in [2.24, 2.45) is 0 Å². The van der Waals surface area contributed by atoms with Gasteiger partial charge in [0, 0.05) is 5.56 Å². The normalized spacial score (nSPS) is 12.1. The molecule has 1 aromatic heterocycles. The number of rotatable bonds is 6. The summed E-state index contributed by atoms with van der Waals surface area (Å²) in [5.74, 6) is 1.07. The van der Waals surface area contributed by atoms with Crippen LogP contribution in [0.4, 0.5) is 0 Å². The van der Waals surface area contributed by atoms with Crippen molar-refractivity contribution in [2.75, 3.05) is 0 Å². The minimum atomic E-state index is -2.59. The van der Waals surface area contributed by atoms with E-state index < -0.39 is 8.32 Å². The van der Waals surface area contributed by atoms with Crippen LogP contribution in [0, 0.1) is 6.92 Å². The van der Waals surface area contributed by atoms with Crippen molar-refractivity contribution in [1.82, 2.24) is 0 Å². The van der Waals surface area contributed by atoms with E-state index in [1.54, 1.807) is 6.07 Å². The molecule has 0 atom stereocenters. The molecule has 0 aliphatic heterocycles. The third-order valence-corrected chi connectivity index (χ3v) is 10.00. The highest BCUT2D eigenvalue weighted by atomic mass is 28.4. The van der Waals surface area contributed by atoms with Crippen LogP contribution in [-0.2, 0) is 11.0 Å². The SMILES string of the molecule is Cc1oc(C=O)cc1CO[Si](c1ccccc1)(c1ccccc1)C(C)(C)C. The molecule has 4 heteroatoms. The number of aryl methyl sites for hydroxylation is 1. The van der Waals surface area contributed by atoms with Crippen LogP contribution in [0.5, 0.6) is 0 Å². The Bertz CT molecular complexity index is 853. The highest BCUT2D eigenvalue weighted by molar-refractivity contribution is 6.99. The van der Waals surface area contributed by atoms with Crippen LogP contribution < -0.4 is 10.4 Å². The summed E-state index contributed by atoms with van der Waals surface area (Å²) in [4.78, 5) is 11.0. The fourth-order valence-corrected chi connectivity index (χ4v) is 8.22. The van der Waals surface area contributed by atoms with Crippen molar-refractivity contribution in [3.8, 4) is 0 Å². The lowest BCUT2D eigenvalue weighted by Gasteiger charge is -2.43. The summed E-state index contributed by atoms with van der Waals surface area (Å²) >= 11 is 0. The summed E-state index contributed by atoms with van der Waals surface area (Å²) < 4.78 is 12.3. The Morgan fingerprint density at radius 3 is 1.89 bits per heavy atom. The van der Waals surface area contributed by atoms with Gasteiger partial charge in [-0.15, -0.1) is 0 Å². The molecule has 3 rings (SSSR count). The van der Waals surface area contributed by atoms with Crippen molar-refractivity contribution in [2.45, 2.75) is 39.3 Å². The molecular formula is C23H26O3Si. The first-order chi connectivity index (χ1) is 12.9. The zero-order valence-electron chi connectivity index (χ0n) is 16.4. The third-order valence-electron chi connectivity index (χ3n) is 5.02. The van der Waals surface area contributed by atoms with E-state index in [0.29, 0.717) is 12.4 Å². The van der Waals surface area contributed by atoms with Gasteiger partial charge in [0.05, 0.1) is 6.61 Å². The molecule has 0 saturated heterocycles. The second kappa shape index (κ2) is 7.67. The Morgan fingerprint density at radius 1 is 0.963 bits per heavy atom. The summed E-state index contributed by atoms with van der Waals surface area (Å²) in [6, 6.07) is 22.8. The maximum atomic E-state index is 11.0. The first-order valence-electron chi connectivity index (χ1n) is 9.18. The Hall–Kier alpha value is -2.43. The molecule has 1 heterocycles. The molecule has 3 aromatic rings. The minimum absolute atomic E-state index is 0.0825. The van der Waals surface area contributed by atoms with Gasteiger partial charge in [0.2, 0.25) is 0 Å². The first kappa shape index (κ1) is 19.3.